The highest BCUT2D eigenvalue weighted by atomic mass is 35.5. The van der Waals surface area contributed by atoms with Gasteiger partial charge in [-0.1, -0.05) is 53.5 Å². The maximum Gasteiger partial charge on any atom is 0.272 e. The minimum atomic E-state index is -0.479. The Bertz CT molecular complexity index is 1080. The number of carbonyl (C=O) groups is 2. The number of nitrogens with one attached hydrogen (secondary N) is 2. The highest BCUT2D eigenvalue weighted by Crippen LogP contribution is 2.27. The molecule has 0 bridgehead atoms. The Morgan fingerprint density at radius 3 is 2.27 bits per heavy atom. The topological polar surface area (TPSA) is 58.2 Å². The second-order valence-electron chi connectivity index (χ2n) is 6.20. The van der Waals surface area contributed by atoms with Crippen molar-refractivity contribution in [2.24, 2.45) is 0 Å². The monoisotopic (exact) mass is 456 g/mol. The lowest BCUT2D eigenvalue weighted by Crippen LogP contribution is -2.30. The minimum absolute atomic E-state index is 0.0435. The van der Waals surface area contributed by atoms with E-state index in [1.165, 1.54) is 6.08 Å². The van der Waals surface area contributed by atoms with E-state index in [0.717, 1.165) is 4.90 Å². The van der Waals surface area contributed by atoms with Gasteiger partial charge in [-0.25, -0.2) is 0 Å². The second kappa shape index (κ2) is 10.3. The lowest BCUT2D eigenvalue weighted by atomic mass is 10.1. The molecule has 0 atom stereocenters. The van der Waals surface area contributed by atoms with Crippen molar-refractivity contribution in [3.05, 3.63) is 99.7 Å². The number of hydrogen-bond acceptors (Lipinski definition) is 3. The molecular formula is C23H18Cl2N2O2S. The van der Waals surface area contributed by atoms with E-state index in [0.29, 0.717) is 26.9 Å². The van der Waals surface area contributed by atoms with Crippen LogP contribution >= 0.6 is 35.0 Å². The van der Waals surface area contributed by atoms with E-state index in [1.807, 2.05) is 24.5 Å². The van der Waals surface area contributed by atoms with Gasteiger partial charge >= 0.3 is 0 Å². The fraction of sp³-hybridized carbons (Fsp3) is 0.0435. The van der Waals surface area contributed by atoms with Crippen LogP contribution in [0.25, 0.3) is 6.08 Å². The lowest BCUT2D eigenvalue weighted by Gasteiger charge is -2.12. The third-order valence-electron chi connectivity index (χ3n) is 4.16. The SMILES string of the molecule is CSc1ccc(NC(=O)/C(=C/c2cccc(Cl)c2Cl)NC(=O)c2ccccc2)cc1. The molecule has 0 fully saturated rings. The number of rotatable bonds is 6. The zero-order valence-electron chi connectivity index (χ0n) is 16.0. The van der Waals surface area contributed by atoms with Crippen LogP contribution in [-0.2, 0) is 4.79 Å². The molecule has 0 saturated carbocycles. The van der Waals surface area contributed by atoms with Crippen molar-refractivity contribution in [2.45, 2.75) is 4.90 Å². The molecule has 0 heterocycles. The molecule has 152 valence electrons. The number of carbonyl (C=O) groups excluding carboxylic acids is 2. The van der Waals surface area contributed by atoms with E-state index in [9.17, 15) is 9.59 Å². The Hall–Kier alpha value is -2.73. The van der Waals surface area contributed by atoms with Crippen LogP contribution in [-0.4, -0.2) is 18.1 Å². The predicted octanol–water partition coefficient (Wildman–Crippen LogP) is 6.12. The van der Waals surface area contributed by atoms with E-state index in [2.05, 4.69) is 10.6 Å². The third kappa shape index (κ3) is 5.66. The number of amides is 2. The Morgan fingerprint density at radius 2 is 1.60 bits per heavy atom. The lowest BCUT2D eigenvalue weighted by molar-refractivity contribution is -0.113. The van der Waals surface area contributed by atoms with Crippen molar-refractivity contribution >= 4 is 58.5 Å². The summed E-state index contributed by atoms with van der Waals surface area (Å²) in [6.45, 7) is 0. The highest BCUT2D eigenvalue weighted by Gasteiger charge is 2.16. The van der Waals surface area contributed by atoms with Crippen molar-refractivity contribution in [3.63, 3.8) is 0 Å². The molecule has 0 aliphatic rings. The quantitative estimate of drug-likeness (QED) is 0.346. The molecule has 4 nitrogen and oxygen atoms in total. The standard InChI is InChI=1S/C23H18Cl2N2O2S/c1-30-18-12-10-17(11-13-18)26-23(29)20(14-16-8-5-9-19(24)21(16)25)27-22(28)15-6-3-2-4-7-15/h2-14H,1H3,(H,26,29)(H,27,28)/b20-14-. The van der Waals surface area contributed by atoms with Crippen molar-refractivity contribution in [1.29, 1.82) is 0 Å². The van der Waals surface area contributed by atoms with Crippen LogP contribution in [0.3, 0.4) is 0 Å². The van der Waals surface area contributed by atoms with Gasteiger partial charge in [-0.05, 0) is 60.4 Å². The zero-order chi connectivity index (χ0) is 21.5. The van der Waals surface area contributed by atoms with Crippen LogP contribution in [0.2, 0.25) is 10.0 Å². The smallest absolute Gasteiger partial charge is 0.272 e. The molecule has 2 amide bonds. The maximum atomic E-state index is 13.0. The summed E-state index contributed by atoms with van der Waals surface area (Å²) in [7, 11) is 0. The molecule has 0 saturated heterocycles. The average Bonchev–Trinajstić information content (AvgIpc) is 2.77. The van der Waals surface area contributed by atoms with Crippen LogP contribution in [0.15, 0.2) is 83.4 Å². The number of thioether (sulfide) groups is 1. The fourth-order valence-electron chi connectivity index (χ4n) is 2.60. The molecule has 0 aliphatic carbocycles. The highest BCUT2D eigenvalue weighted by molar-refractivity contribution is 7.98. The van der Waals surface area contributed by atoms with E-state index < -0.39 is 11.8 Å². The van der Waals surface area contributed by atoms with E-state index in [1.54, 1.807) is 66.4 Å². The number of hydrogen-bond donors (Lipinski definition) is 2. The van der Waals surface area contributed by atoms with E-state index in [-0.39, 0.29) is 5.70 Å². The maximum absolute atomic E-state index is 13.0. The Balaban J connectivity index is 1.91. The number of benzene rings is 3. The molecule has 0 aromatic heterocycles. The van der Waals surface area contributed by atoms with Gasteiger partial charge in [0.2, 0.25) is 0 Å². The van der Waals surface area contributed by atoms with Crippen LogP contribution in [0, 0.1) is 0 Å². The average molecular weight is 457 g/mol. The van der Waals surface area contributed by atoms with E-state index in [4.69, 9.17) is 23.2 Å². The summed E-state index contributed by atoms with van der Waals surface area (Å²) >= 11 is 14.0. The van der Waals surface area contributed by atoms with Crippen LogP contribution in [0.5, 0.6) is 0 Å². The molecule has 7 heteroatoms. The number of anilines is 1. The summed E-state index contributed by atoms with van der Waals surface area (Å²) in [4.78, 5) is 26.7. The summed E-state index contributed by atoms with van der Waals surface area (Å²) in [5.41, 5.74) is 1.59. The van der Waals surface area contributed by atoms with Gasteiger partial charge in [-0.15, -0.1) is 11.8 Å². The normalized spacial score (nSPS) is 11.1. The molecule has 0 unspecified atom stereocenters. The van der Waals surface area contributed by atoms with Gasteiger partial charge in [0.05, 0.1) is 10.0 Å². The first-order chi connectivity index (χ1) is 14.5. The van der Waals surface area contributed by atoms with Gasteiger partial charge < -0.3 is 10.6 Å². The largest absolute Gasteiger partial charge is 0.321 e. The van der Waals surface area contributed by atoms with Gasteiger partial charge in [0.15, 0.2) is 0 Å². The predicted molar refractivity (Wildman–Crippen MR) is 125 cm³/mol. The first-order valence-electron chi connectivity index (χ1n) is 8.95. The Morgan fingerprint density at radius 1 is 0.900 bits per heavy atom. The molecule has 0 spiro atoms. The first kappa shape index (κ1) is 22.0. The molecule has 30 heavy (non-hydrogen) atoms. The number of halogens is 2. The van der Waals surface area contributed by atoms with E-state index >= 15 is 0 Å². The Labute approximate surface area is 189 Å². The van der Waals surface area contributed by atoms with Crippen molar-refractivity contribution in [2.75, 3.05) is 11.6 Å². The van der Waals surface area contributed by atoms with Crippen molar-refractivity contribution < 1.29 is 9.59 Å². The summed E-state index contributed by atoms with van der Waals surface area (Å²) in [5, 5.41) is 6.12. The van der Waals surface area contributed by atoms with Crippen LogP contribution in [0.1, 0.15) is 15.9 Å². The molecular weight excluding hydrogens is 439 g/mol. The summed E-state index contributed by atoms with van der Waals surface area (Å²) in [6, 6.07) is 21.1. The van der Waals surface area contributed by atoms with Gasteiger partial charge in [0.1, 0.15) is 5.70 Å². The van der Waals surface area contributed by atoms with Gasteiger partial charge in [-0.2, -0.15) is 0 Å². The van der Waals surface area contributed by atoms with Gasteiger partial charge in [-0.3, -0.25) is 9.59 Å². The van der Waals surface area contributed by atoms with Crippen molar-refractivity contribution in [1.82, 2.24) is 5.32 Å². The molecule has 3 aromatic carbocycles. The molecule has 0 radical (unpaired) electrons. The van der Waals surface area contributed by atoms with Gasteiger partial charge in [0, 0.05) is 16.1 Å². The fourth-order valence-corrected chi connectivity index (χ4v) is 3.37. The molecule has 3 rings (SSSR count). The second-order valence-corrected chi connectivity index (χ2v) is 7.87. The summed E-state index contributed by atoms with van der Waals surface area (Å²) in [6.07, 6.45) is 3.48. The van der Waals surface area contributed by atoms with Crippen LogP contribution in [0.4, 0.5) is 5.69 Å². The molecule has 0 aliphatic heterocycles. The first-order valence-corrected chi connectivity index (χ1v) is 10.9. The molecule has 3 aromatic rings. The summed E-state index contributed by atoms with van der Waals surface area (Å²) < 4.78 is 0. The van der Waals surface area contributed by atoms with Gasteiger partial charge in [0.25, 0.3) is 11.8 Å². The Kier molecular flexibility index (Phi) is 7.57. The van der Waals surface area contributed by atoms with Crippen LogP contribution < -0.4 is 10.6 Å². The zero-order valence-corrected chi connectivity index (χ0v) is 18.3. The summed E-state index contributed by atoms with van der Waals surface area (Å²) in [5.74, 6) is -0.889. The molecule has 2 N–H and O–H groups in total. The minimum Gasteiger partial charge on any atom is -0.321 e. The third-order valence-corrected chi connectivity index (χ3v) is 5.74. The van der Waals surface area contributed by atoms with Crippen molar-refractivity contribution in [3.8, 4) is 0 Å².